The molecule has 1 aliphatic carbocycles. The molecule has 2 heteroatoms. The second-order valence-electron chi connectivity index (χ2n) is 3.25. The lowest BCUT2D eigenvalue weighted by molar-refractivity contribution is 0.392. The number of hydrogen-bond donors (Lipinski definition) is 1. The van der Waals surface area contributed by atoms with E-state index in [1.165, 1.54) is 25.7 Å². The summed E-state index contributed by atoms with van der Waals surface area (Å²) in [6, 6.07) is 0.493. The maximum absolute atomic E-state index is 5.75. The van der Waals surface area contributed by atoms with Gasteiger partial charge in [0, 0.05) is 9.46 Å². The molecular weight excluding hydrogens is 225 g/mol. The summed E-state index contributed by atoms with van der Waals surface area (Å²) in [5.74, 6) is 0. The third kappa shape index (κ3) is 2.42. The fourth-order valence-corrected chi connectivity index (χ4v) is 1.86. The van der Waals surface area contributed by atoms with Crippen molar-refractivity contribution in [1.82, 2.24) is 0 Å². The van der Waals surface area contributed by atoms with Crippen molar-refractivity contribution in [2.75, 3.05) is 0 Å². The summed E-state index contributed by atoms with van der Waals surface area (Å²) in [6.07, 6.45) is 5.04. The van der Waals surface area contributed by atoms with Crippen LogP contribution in [0.4, 0.5) is 0 Å². The molecule has 0 unspecified atom stereocenters. The molecule has 0 aromatic carbocycles. The van der Waals surface area contributed by atoms with Crippen LogP contribution in [-0.4, -0.2) is 9.46 Å². The van der Waals surface area contributed by atoms with Crippen LogP contribution >= 0.6 is 22.6 Å². The first-order chi connectivity index (χ1) is 4.10. The topological polar surface area (TPSA) is 26.0 Å². The summed E-state index contributed by atoms with van der Waals surface area (Å²) in [5.41, 5.74) is 5.75. The zero-order chi connectivity index (χ0) is 6.91. The molecule has 0 heterocycles. The minimum Gasteiger partial charge on any atom is -0.328 e. The standard InChI is InChI=1S/C7H14IN/c1-7(8)4-2-6(9)3-5-7/h6H,2-5,9H2,1H3. The van der Waals surface area contributed by atoms with Crippen molar-refractivity contribution < 1.29 is 0 Å². The van der Waals surface area contributed by atoms with Crippen LogP contribution in [-0.2, 0) is 0 Å². The predicted octanol–water partition coefficient (Wildman–Crippen LogP) is 2.08. The van der Waals surface area contributed by atoms with Crippen LogP contribution in [0.15, 0.2) is 0 Å². The Bertz CT molecular complexity index is 91.1. The van der Waals surface area contributed by atoms with Crippen molar-refractivity contribution >= 4 is 22.6 Å². The van der Waals surface area contributed by atoms with Gasteiger partial charge in [0.05, 0.1) is 0 Å². The lowest BCUT2D eigenvalue weighted by Crippen LogP contribution is -2.32. The molecule has 0 aromatic heterocycles. The number of halogens is 1. The molecule has 2 N–H and O–H groups in total. The lowest BCUT2D eigenvalue weighted by atomic mass is 9.88. The smallest absolute Gasteiger partial charge is 0.0195 e. The fourth-order valence-electron chi connectivity index (χ4n) is 1.24. The number of rotatable bonds is 0. The first-order valence-corrected chi connectivity index (χ1v) is 4.62. The van der Waals surface area contributed by atoms with Crippen LogP contribution in [0.2, 0.25) is 0 Å². The van der Waals surface area contributed by atoms with Crippen LogP contribution in [0.1, 0.15) is 32.6 Å². The maximum atomic E-state index is 5.75. The Morgan fingerprint density at radius 1 is 1.44 bits per heavy atom. The van der Waals surface area contributed by atoms with Crippen molar-refractivity contribution in [3.05, 3.63) is 0 Å². The van der Waals surface area contributed by atoms with Gasteiger partial charge in [-0.2, -0.15) is 0 Å². The monoisotopic (exact) mass is 239 g/mol. The van der Waals surface area contributed by atoms with Gasteiger partial charge in [-0.25, -0.2) is 0 Å². The maximum Gasteiger partial charge on any atom is 0.0195 e. The van der Waals surface area contributed by atoms with E-state index in [2.05, 4.69) is 29.5 Å². The Labute approximate surface area is 70.5 Å². The quantitative estimate of drug-likeness (QED) is 0.508. The number of alkyl halides is 1. The van der Waals surface area contributed by atoms with E-state index in [0.717, 1.165) is 0 Å². The van der Waals surface area contributed by atoms with Crippen LogP contribution in [0.25, 0.3) is 0 Å². The van der Waals surface area contributed by atoms with Crippen LogP contribution in [0, 0.1) is 0 Å². The summed E-state index contributed by atoms with van der Waals surface area (Å²) in [5, 5.41) is 0. The Balaban J connectivity index is 2.35. The largest absolute Gasteiger partial charge is 0.328 e. The normalized spacial score (nSPS) is 45.0. The number of nitrogens with two attached hydrogens (primary N) is 1. The summed E-state index contributed by atoms with van der Waals surface area (Å²) in [6.45, 7) is 2.32. The Kier molecular flexibility index (Phi) is 2.37. The minimum absolute atomic E-state index is 0.493. The highest BCUT2D eigenvalue weighted by atomic mass is 127. The third-order valence-corrected chi connectivity index (χ3v) is 3.15. The van der Waals surface area contributed by atoms with Crippen LogP contribution < -0.4 is 5.73 Å². The molecule has 1 nitrogen and oxygen atoms in total. The third-order valence-electron chi connectivity index (χ3n) is 2.07. The second-order valence-corrected chi connectivity index (χ2v) is 5.86. The van der Waals surface area contributed by atoms with E-state index in [4.69, 9.17) is 5.73 Å². The van der Waals surface area contributed by atoms with Crippen molar-refractivity contribution in [3.63, 3.8) is 0 Å². The lowest BCUT2D eigenvalue weighted by Gasteiger charge is -2.30. The van der Waals surface area contributed by atoms with Gasteiger partial charge in [0.15, 0.2) is 0 Å². The molecule has 1 rings (SSSR count). The van der Waals surface area contributed by atoms with Gasteiger partial charge in [0.2, 0.25) is 0 Å². The minimum atomic E-state index is 0.493. The van der Waals surface area contributed by atoms with Crippen molar-refractivity contribution in [2.24, 2.45) is 5.73 Å². The molecule has 0 spiro atoms. The van der Waals surface area contributed by atoms with Gasteiger partial charge in [-0.1, -0.05) is 29.5 Å². The van der Waals surface area contributed by atoms with Gasteiger partial charge in [-0.3, -0.25) is 0 Å². The molecule has 0 aromatic rings. The molecule has 0 amide bonds. The van der Waals surface area contributed by atoms with E-state index in [1.54, 1.807) is 0 Å². The van der Waals surface area contributed by atoms with Crippen LogP contribution in [0.5, 0.6) is 0 Å². The first kappa shape index (κ1) is 7.79. The first-order valence-electron chi connectivity index (χ1n) is 3.55. The predicted molar refractivity (Wildman–Crippen MR) is 48.9 cm³/mol. The van der Waals surface area contributed by atoms with Crippen LogP contribution in [0.3, 0.4) is 0 Å². The summed E-state index contributed by atoms with van der Waals surface area (Å²) in [7, 11) is 0. The zero-order valence-electron chi connectivity index (χ0n) is 5.86. The molecule has 0 aliphatic heterocycles. The highest BCUT2D eigenvalue weighted by Gasteiger charge is 2.26. The van der Waals surface area contributed by atoms with E-state index in [1.807, 2.05) is 0 Å². The summed E-state index contributed by atoms with van der Waals surface area (Å²) in [4.78, 5) is 0. The highest BCUT2D eigenvalue weighted by Crippen LogP contribution is 2.34. The molecular formula is C7H14IN. The van der Waals surface area contributed by atoms with Gasteiger partial charge in [0.25, 0.3) is 0 Å². The molecule has 54 valence electrons. The van der Waals surface area contributed by atoms with E-state index in [0.29, 0.717) is 9.46 Å². The summed E-state index contributed by atoms with van der Waals surface area (Å²) < 4.78 is 0.549. The van der Waals surface area contributed by atoms with Crippen molar-refractivity contribution in [3.8, 4) is 0 Å². The second kappa shape index (κ2) is 2.74. The number of hydrogen-bond acceptors (Lipinski definition) is 1. The SMILES string of the molecule is CC1(I)CCC(N)CC1. The Morgan fingerprint density at radius 3 is 2.22 bits per heavy atom. The van der Waals surface area contributed by atoms with E-state index in [9.17, 15) is 0 Å². The Morgan fingerprint density at radius 2 is 1.89 bits per heavy atom. The molecule has 1 aliphatic rings. The van der Waals surface area contributed by atoms with Gasteiger partial charge in [-0.15, -0.1) is 0 Å². The van der Waals surface area contributed by atoms with E-state index >= 15 is 0 Å². The van der Waals surface area contributed by atoms with Gasteiger partial charge in [-0.05, 0) is 25.7 Å². The fraction of sp³-hybridized carbons (Fsp3) is 1.00. The van der Waals surface area contributed by atoms with E-state index < -0.39 is 0 Å². The van der Waals surface area contributed by atoms with Gasteiger partial charge in [0.1, 0.15) is 0 Å². The van der Waals surface area contributed by atoms with E-state index in [-0.39, 0.29) is 0 Å². The average molecular weight is 239 g/mol. The highest BCUT2D eigenvalue weighted by molar-refractivity contribution is 14.1. The van der Waals surface area contributed by atoms with Crippen molar-refractivity contribution in [1.29, 1.82) is 0 Å². The van der Waals surface area contributed by atoms with Gasteiger partial charge < -0.3 is 5.73 Å². The molecule has 0 bridgehead atoms. The molecule has 1 saturated carbocycles. The Hall–Kier alpha value is 0.690. The molecule has 0 atom stereocenters. The summed E-state index contributed by atoms with van der Waals surface area (Å²) >= 11 is 2.55. The zero-order valence-corrected chi connectivity index (χ0v) is 8.02. The molecule has 0 radical (unpaired) electrons. The molecule has 1 fully saturated rings. The van der Waals surface area contributed by atoms with Crippen molar-refractivity contribution in [2.45, 2.75) is 42.1 Å². The average Bonchev–Trinajstić information content (AvgIpc) is 1.78. The van der Waals surface area contributed by atoms with Gasteiger partial charge >= 0.3 is 0 Å². The molecule has 0 saturated heterocycles. The molecule has 9 heavy (non-hydrogen) atoms.